The normalized spacial score (nSPS) is 10.9. The third kappa shape index (κ3) is 12.1. The molecular weight excluding hydrogens is 478 g/mol. The van der Waals surface area contributed by atoms with Crippen molar-refractivity contribution in [1.82, 2.24) is 5.32 Å². The summed E-state index contributed by atoms with van der Waals surface area (Å²) < 4.78 is 16.8. The third-order valence-corrected chi connectivity index (χ3v) is 5.02. The number of hydrogen-bond acceptors (Lipinski definition) is 7. The van der Waals surface area contributed by atoms with E-state index in [-0.39, 0.29) is 12.2 Å². The molecule has 1 amide bonds. The van der Waals surface area contributed by atoms with Crippen LogP contribution in [0.15, 0.2) is 48.5 Å². The van der Waals surface area contributed by atoms with Crippen LogP contribution in [0, 0.1) is 0 Å². The van der Waals surface area contributed by atoms with Crippen LogP contribution in [0.25, 0.3) is 0 Å². The number of benzene rings is 2. The number of aliphatic carboxylic acids is 1. The smallest absolute Gasteiger partial charge is 0.407 e. The maximum absolute atomic E-state index is 12.5. The van der Waals surface area contributed by atoms with Crippen LogP contribution in [0.4, 0.5) is 4.79 Å². The zero-order chi connectivity index (χ0) is 27.3. The lowest BCUT2D eigenvalue weighted by atomic mass is 10.1. The van der Waals surface area contributed by atoms with Gasteiger partial charge in [-0.1, -0.05) is 43.2 Å². The predicted octanol–water partition coefficient (Wildman–Crippen LogP) is 4.96. The van der Waals surface area contributed by atoms with Crippen molar-refractivity contribution < 1.29 is 38.5 Å². The Kier molecular flexibility index (Phi) is 11.6. The lowest BCUT2D eigenvalue weighted by molar-refractivity contribution is -0.148. The molecule has 0 saturated heterocycles. The monoisotopic (exact) mass is 513 g/mol. The first kappa shape index (κ1) is 29.4. The average Bonchev–Trinajstić information content (AvgIpc) is 2.83. The summed E-state index contributed by atoms with van der Waals surface area (Å²) in [6.07, 6.45) is 2.15. The van der Waals surface area contributed by atoms with E-state index in [1.165, 1.54) is 12.1 Å². The molecule has 0 saturated carbocycles. The zero-order valence-corrected chi connectivity index (χ0v) is 21.6. The van der Waals surface area contributed by atoms with Gasteiger partial charge in [0.15, 0.2) is 5.78 Å². The van der Waals surface area contributed by atoms with Crippen molar-refractivity contribution >= 4 is 23.6 Å². The van der Waals surface area contributed by atoms with E-state index in [2.05, 4.69) is 5.32 Å². The van der Waals surface area contributed by atoms with E-state index in [0.29, 0.717) is 24.7 Å². The first-order chi connectivity index (χ1) is 17.5. The number of nitrogens with one attached hydrogen (secondary N) is 1. The largest absolute Gasteiger partial charge is 0.493 e. The van der Waals surface area contributed by atoms with E-state index in [0.717, 1.165) is 31.2 Å². The Morgan fingerprint density at radius 2 is 1.51 bits per heavy atom. The Morgan fingerprint density at radius 1 is 0.865 bits per heavy atom. The molecule has 9 heteroatoms. The molecule has 0 atom stereocenters. The molecule has 0 bridgehead atoms. The van der Waals surface area contributed by atoms with Crippen molar-refractivity contribution in [3.63, 3.8) is 0 Å². The minimum atomic E-state index is -1.65. The van der Waals surface area contributed by atoms with Gasteiger partial charge in [0.2, 0.25) is 5.78 Å². The Labute approximate surface area is 217 Å². The Bertz CT molecular complexity index is 1060. The van der Waals surface area contributed by atoms with Gasteiger partial charge in [0.05, 0.1) is 13.0 Å². The number of unbranched alkanes of at least 4 members (excludes halogenated alkanes) is 3. The summed E-state index contributed by atoms with van der Waals surface area (Å²) in [5, 5.41) is 11.5. The fourth-order valence-corrected chi connectivity index (χ4v) is 3.24. The van der Waals surface area contributed by atoms with Crippen LogP contribution in [-0.4, -0.2) is 47.5 Å². The quantitative estimate of drug-likeness (QED) is 0.148. The van der Waals surface area contributed by atoms with Gasteiger partial charge in [0.1, 0.15) is 23.7 Å². The number of ether oxygens (including phenoxy) is 3. The average molecular weight is 514 g/mol. The van der Waals surface area contributed by atoms with Crippen LogP contribution in [0.3, 0.4) is 0 Å². The Hall–Kier alpha value is -3.88. The molecule has 2 N–H and O–H groups in total. The second-order valence-corrected chi connectivity index (χ2v) is 9.49. The van der Waals surface area contributed by atoms with Crippen LogP contribution in [0.5, 0.6) is 11.5 Å². The van der Waals surface area contributed by atoms with E-state index < -0.39 is 35.7 Å². The molecule has 9 nitrogen and oxygen atoms in total. The second-order valence-electron chi connectivity index (χ2n) is 9.49. The van der Waals surface area contributed by atoms with Crippen molar-refractivity contribution in [1.29, 1.82) is 0 Å². The summed E-state index contributed by atoms with van der Waals surface area (Å²) in [5.74, 6) is -2.68. The number of carbonyl (C=O) groups excluding carboxylic acids is 3. The van der Waals surface area contributed by atoms with Crippen LogP contribution in [0.2, 0.25) is 0 Å². The topological polar surface area (TPSA) is 128 Å². The highest BCUT2D eigenvalue weighted by molar-refractivity contribution is 6.37. The summed E-state index contributed by atoms with van der Waals surface area (Å²) >= 11 is 0. The molecule has 0 unspecified atom stereocenters. The van der Waals surface area contributed by atoms with Crippen LogP contribution in [0.1, 0.15) is 68.8 Å². The maximum Gasteiger partial charge on any atom is 0.407 e. The highest BCUT2D eigenvalue weighted by Crippen LogP contribution is 2.25. The molecule has 0 aliphatic carbocycles. The van der Waals surface area contributed by atoms with E-state index >= 15 is 0 Å². The predicted molar refractivity (Wildman–Crippen MR) is 137 cm³/mol. The molecule has 0 aliphatic heterocycles. The second kappa shape index (κ2) is 14.6. The SMILES string of the molecule is CC(C)(C)OC(=O)NCCCCCCOc1cc(OCc2ccccc2)cc(C(=O)CC(=O)C(=O)O)c1. The van der Waals surface area contributed by atoms with Crippen molar-refractivity contribution in [3.05, 3.63) is 59.7 Å². The van der Waals surface area contributed by atoms with Gasteiger partial charge in [-0.3, -0.25) is 9.59 Å². The molecule has 0 aromatic heterocycles. The minimum Gasteiger partial charge on any atom is -0.493 e. The lowest BCUT2D eigenvalue weighted by Gasteiger charge is -2.19. The molecule has 0 heterocycles. The van der Waals surface area contributed by atoms with Gasteiger partial charge in [-0.05, 0) is 51.3 Å². The third-order valence-electron chi connectivity index (χ3n) is 5.02. The van der Waals surface area contributed by atoms with Gasteiger partial charge < -0.3 is 24.6 Å². The van der Waals surface area contributed by atoms with Gasteiger partial charge in [-0.25, -0.2) is 9.59 Å². The minimum absolute atomic E-state index is 0.142. The fraction of sp³-hybridized carbons (Fsp3) is 0.429. The van der Waals surface area contributed by atoms with Crippen molar-refractivity contribution in [2.24, 2.45) is 0 Å². The summed E-state index contributed by atoms with van der Waals surface area (Å²) in [4.78, 5) is 46.5. The standard InChI is InChI=1S/C28H35NO8/c1-28(2,3)37-27(34)29-13-9-4-5-10-14-35-22-15-21(24(30)18-25(31)26(32)33)16-23(17-22)36-19-20-11-7-6-8-12-20/h6-8,11-12,15-17H,4-5,9-10,13-14,18-19H2,1-3H3,(H,29,34)(H,32,33). The van der Waals surface area contributed by atoms with Gasteiger partial charge in [-0.2, -0.15) is 0 Å². The number of carboxylic acids is 1. The highest BCUT2D eigenvalue weighted by Gasteiger charge is 2.19. The van der Waals surface area contributed by atoms with E-state index in [1.807, 2.05) is 51.1 Å². The number of carboxylic acid groups (broad SMARTS) is 1. The van der Waals surface area contributed by atoms with Crippen molar-refractivity contribution in [2.45, 2.75) is 65.1 Å². The highest BCUT2D eigenvalue weighted by atomic mass is 16.6. The molecule has 2 aromatic rings. The van der Waals surface area contributed by atoms with Gasteiger partial charge >= 0.3 is 12.1 Å². The van der Waals surface area contributed by atoms with E-state index in [9.17, 15) is 19.2 Å². The van der Waals surface area contributed by atoms with Gasteiger partial charge in [-0.15, -0.1) is 0 Å². The lowest BCUT2D eigenvalue weighted by Crippen LogP contribution is -2.32. The molecule has 2 rings (SSSR count). The maximum atomic E-state index is 12.5. The number of amides is 1. The molecule has 0 aliphatic rings. The van der Waals surface area contributed by atoms with Crippen molar-refractivity contribution in [3.8, 4) is 11.5 Å². The number of rotatable bonds is 15. The Morgan fingerprint density at radius 3 is 2.16 bits per heavy atom. The number of ketones is 2. The number of alkyl carbamates (subject to hydrolysis) is 1. The molecule has 200 valence electrons. The van der Waals surface area contributed by atoms with Gasteiger partial charge in [0, 0.05) is 18.2 Å². The van der Waals surface area contributed by atoms with Crippen LogP contribution in [-0.2, 0) is 20.9 Å². The summed E-state index contributed by atoms with van der Waals surface area (Å²) in [6, 6.07) is 14.1. The molecule has 0 radical (unpaired) electrons. The molecule has 0 spiro atoms. The van der Waals surface area contributed by atoms with E-state index in [4.69, 9.17) is 19.3 Å². The Balaban J connectivity index is 1.87. The number of hydrogen-bond donors (Lipinski definition) is 2. The molecule has 37 heavy (non-hydrogen) atoms. The first-order valence-electron chi connectivity index (χ1n) is 12.2. The molecule has 2 aromatic carbocycles. The zero-order valence-electron chi connectivity index (χ0n) is 21.6. The van der Waals surface area contributed by atoms with Crippen LogP contribution >= 0.6 is 0 Å². The number of Topliss-reactive ketones (excluding diaryl/α,β-unsaturated/α-hetero) is 2. The summed E-state index contributed by atoms with van der Waals surface area (Å²) in [5.41, 5.74) is 0.550. The number of carbonyl (C=O) groups is 4. The summed E-state index contributed by atoms with van der Waals surface area (Å²) in [7, 11) is 0. The summed E-state index contributed by atoms with van der Waals surface area (Å²) in [6.45, 7) is 6.62. The van der Waals surface area contributed by atoms with Crippen molar-refractivity contribution in [2.75, 3.05) is 13.2 Å². The van der Waals surface area contributed by atoms with Crippen LogP contribution < -0.4 is 14.8 Å². The molecular formula is C28H35NO8. The first-order valence-corrected chi connectivity index (χ1v) is 12.2. The molecule has 0 fully saturated rings. The van der Waals surface area contributed by atoms with E-state index in [1.54, 1.807) is 6.07 Å². The van der Waals surface area contributed by atoms with Gasteiger partial charge in [0.25, 0.3) is 0 Å². The fourth-order valence-electron chi connectivity index (χ4n) is 3.24.